The molecule has 1 aromatic carbocycles. The number of carbonyl (C=O) groups is 2. The first-order valence-electron chi connectivity index (χ1n) is 13.2. The minimum Gasteiger partial charge on any atom is -0.451 e. The molecule has 210 valence electrons. The summed E-state index contributed by atoms with van der Waals surface area (Å²) in [5.74, 6) is -0.683. The maximum Gasteiger partial charge on any atom is 0.287 e. The SMILES string of the molecule is Cc1cccnc1S(=O)(=O)N1CCCC(NC(=O)[C@H](CC(C)C)NC(=O)c2oc3ccccc3c2C)C(O)C1. The maximum atomic E-state index is 13.4. The molecule has 0 saturated carbocycles. The van der Waals surface area contributed by atoms with Crippen molar-refractivity contribution in [3.8, 4) is 0 Å². The van der Waals surface area contributed by atoms with Crippen LogP contribution in [0.5, 0.6) is 0 Å². The zero-order valence-corrected chi connectivity index (χ0v) is 23.5. The Morgan fingerprint density at radius 2 is 1.92 bits per heavy atom. The molecule has 0 radical (unpaired) electrons. The van der Waals surface area contributed by atoms with Gasteiger partial charge in [-0.2, -0.15) is 4.31 Å². The second kappa shape index (κ2) is 11.8. The van der Waals surface area contributed by atoms with E-state index in [9.17, 15) is 23.1 Å². The van der Waals surface area contributed by atoms with E-state index in [1.807, 2.05) is 32.0 Å². The molecule has 3 aromatic rings. The summed E-state index contributed by atoms with van der Waals surface area (Å²) in [6.07, 6.45) is 1.48. The third-order valence-corrected chi connectivity index (χ3v) is 8.96. The Bertz CT molecular complexity index is 1450. The predicted molar refractivity (Wildman–Crippen MR) is 147 cm³/mol. The van der Waals surface area contributed by atoms with Crippen LogP contribution in [0.2, 0.25) is 0 Å². The molecule has 11 heteroatoms. The van der Waals surface area contributed by atoms with E-state index in [2.05, 4.69) is 15.6 Å². The predicted octanol–water partition coefficient (Wildman–Crippen LogP) is 2.92. The molecule has 0 spiro atoms. The van der Waals surface area contributed by atoms with Gasteiger partial charge in [-0.15, -0.1) is 0 Å². The largest absolute Gasteiger partial charge is 0.451 e. The highest BCUT2D eigenvalue weighted by atomic mass is 32.2. The van der Waals surface area contributed by atoms with Crippen molar-refractivity contribution < 1.29 is 27.5 Å². The number of pyridine rings is 1. The zero-order valence-electron chi connectivity index (χ0n) is 22.7. The fourth-order valence-corrected chi connectivity index (χ4v) is 6.59. The second-order valence-electron chi connectivity index (χ2n) is 10.5. The van der Waals surface area contributed by atoms with Crippen LogP contribution in [0, 0.1) is 19.8 Å². The Kier molecular flexibility index (Phi) is 8.73. The number of nitrogens with one attached hydrogen (secondary N) is 2. The summed E-state index contributed by atoms with van der Waals surface area (Å²) in [5.41, 5.74) is 1.80. The van der Waals surface area contributed by atoms with Gasteiger partial charge in [0.05, 0.1) is 12.1 Å². The lowest BCUT2D eigenvalue weighted by Gasteiger charge is -2.27. The number of aliphatic hydroxyl groups excluding tert-OH is 1. The minimum atomic E-state index is -3.91. The molecule has 2 aromatic heterocycles. The second-order valence-corrected chi connectivity index (χ2v) is 12.4. The molecule has 1 fully saturated rings. The standard InChI is InChI=1S/C28H36N4O6S/c1-17(2)15-22(31-27(35)25-19(4)20-10-5-6-12-24(20)38-25)26(34)30-21-11-8-14-32(16-23(21)33)39(36,37)28-18(3)9-7-13-29-28/h5-7,9-10,12-13,17,21-23,33H,8,11,14-16H2,1-4H3,(H,30,34)(H,31,35)/t21?,22-,23?/m0/s1. The summed E-state index contributed by atoms with van der Waals surface area (Å²) < 4.78 is 33.4. The van der Waals surface area contributed by atoms with Crippen molar-refractivity contribution in [2.75, 3.05) is 13.1 Å². The Hall–Kier alpha value is -3.28. The fourth-order valence-electron chi connectivity index (χ4n) is 4.96. The van der Waals surface area contributed by atoms with Crippen LogP contribution >= 0.6 is 0 Å². The number of carbonyl (C=O) groups excluding carboxylic acids is 2. The number of amides is 2. The average Bonchev–Trinajstić information content (AvgIpc) is 3.11. The van der Waals surface area contributed by atoms with Crippen LogP contribution in [-0.2, 0) is 14.8 Å². The number of nitrogens with zero attached hydrogens (tertiary/aromatic N) is 2. The van der Waals surface area contributed by atoms with Gasteiger partial charge in [0.2, 0.25) is 5.91 Å². The molecule has 2 amide bonds. The molecular formula is C28H36N4O6S. The average molecular weight is 557 g/mol. The van der Waals surface area contributed by atoms with Gasteiger partial charge in [-0.1, -0.05) is 38.1 Å². The van der Waals surface area contributed by atoms with Crippen molar-refractivity contribution in [3.05, 3.63) is 59.5 Å². The van der Waals surface area contributed by atoms with E-state index in [0.717, 1.165) is 5.39 Å². The number of furan rings is 1. The third-order valence-electron chi connectivity index (χ3n) is 7.03. The summed E-state index contributed by atoms with van der Waals surface area (Å²) in [7, 11) is -3.91. The van der Waals surface area contributed by atoms with Crippen LogP contribution in [0.3, 0.4) is 0 Å². The number of aliphatic hydroxyl groups is 1. The van der Waals surface area contributed by atoms with Gasteiger partial charge in [-0.05, 0) is 56.7 Å². The first kappa shape index (κ1) is 28.7. The number of sulfonamides is 1. The topological polar surface area (TPSA) is 142 Å². The van der Waals surface area contributed by atoms with E-state index in [-0.39, 0.29) is 29.8 Å². The number of β-amino-alcohol motifs (C(OH)–C–C–N with tert-alkyl or cyclic N) is 1. The van der Waals surface area contributed by atoms with Crippen LogP contribution in [0.15, 0.2) is 52.0 Å². The molecule has 2 unspecified atom stereocenters. The number of aryl methyl sites for hydroxylation is 2. The highest BCUT2D eigenvalue weighted by Crippen LogP contribution is 2.25. The van der Waals surface area contributed by atoms with Gasteiger partial charge < -0.3 is 20.2 Å². The first-order chi connectivity index (χ1) is 18.5. The summed E-state index contributed by atoms with van der Waals surface area (Å²) in [4.78, 5) is 30.6. The third kappa shape index (κ3) is 6.32. The summed E-state index contributed by atoms with van der Waals surface area (Å²) in [6.45, 7) is 7.38. The van der Waals surface area contributed by atoms with Gasteiger partial charge in [0.15, 0.2) is 10.8 Å². The Balaban J connectivity index is 1.46. The van der Waals surface area contributed by atoms with Gasteiger partial charge in [0.25, 0.3) is 15.9 Å². The molecule has 3 atom stereocenters. The normalized spacial score (nSPS) is 19.5. The number of fused-ring (bicyclic) bond motifs is 1. The molecule has 1 saturated heterocycles. The van der Waals surface area contributed by atoms with Crippen molar-refractivity contribution in [3.63, 3.8) is 0 Å². The van der Waals surface area contributed by atoms with Crippen molar-refractivity contribution in [1.29, 1.82) is 0 Å². The summed E-state index contributed by atoms with van der Waals surface area (Å²) in [5, 5.41) is 17.4. The Morgan fingerprint density at radius 3 is 2.62 bits per heavy atom. The zero-order chi connectivity index (χ0) is 28.3. The number of rotatable bonds is 8. The monoisotopic (exact) mass is 556 g/mol. The maximum absolute atomic E-state index is 13.4. The molecule has 0 aliphatic carbocycles. The van der Waals surface area contributed by atoms with Crippen molar-refractivity contribution in [2.24, 2.45) is 5.92 Å². The lowest BCUT2D eigenvalue weighted by atomic mass is 10.0. The van der Waals surface area contributed by atoms with Crippen LogP contribution in [0.1, 0.15) is 54.8 Å². The quantitative estimate of drug-likeness (QED) is 0.387. The van der Waals surface area contributed by atoms with Gasteiger partial charge in [0, 0.05) is 30.2 Å². The number of hydrogen-bond donors (Lipinski definition) is 3. The Labute approximate surface area is 228 Å². The molecule has 10 nitrogen and oxygen atoms in total. The number of aromatic nitrogens is 1. The van der Waals surface area contributed by atoms with E-state index in [1.54, 1.807) is 32.0 Å². The first-order valence-corrected chi connectivity index (χ1v) is 14.6. The number of hydrogen-bond acceptors (Lipinski definition) is 7. The molecule has 3 N–H and O–H groups in total. The van der Waals surface area contributed by atoms with Crippen LogP contribution in [-0.4, -0.2) is 65.9 Å². The highest BCUT2D eigenvalue weighted by molar-refractivity contribution is 7.89. The molecule has 3 heterocycles. The van der Waals surface area contributed by atoms with Crippen LogP contribution < -0.4 is 10.6 Å². The molecule has 0 bridgehead atoms. The number of benzene rings is 1. The smallest absolute Gasteiger partial charge is 0.287 e. The number of para-hydroxylation sites is 1. The lowest BCUT2D eigenvalue weighted by molar-refractivity contribution is -0.125. The van der Waals surface area contributed by atoms with E-state index in [1.165, 1.54) is 10.5 Å². The van der Waals surface area contributed by atoms with Gasteiger partial charge in [0.1, 0.15) is 11.6 Å². The van der Waals surface area contributed by atoms with Crippen LogP contribution in [0.25, 0.3) is 11.0 Å². The van der Waals surface area contributed by atoms with Crippen LogP contribution in [0.4, 0.5) is 0 Å². The van der Waals surface area contributed by atoms with E-state index < -0.39 is 40.0 Å². The summed E-state index contributed by atoms with van der Waals surface area (Å²) >= 11 is 0. The van der Waals surface area contributed by atoms with Gasteiger partial charge in [-0.25, -0.2) is 13.4 Å². The van der Waals surface area contributed by atoms with E-state index in [4.69, 9.17) is 4.42 Å². The molecule has 1 aliphatic rings. The van der Waals surface area contributed by atoms with Crippen molar-refractivity contribution in [1.82, 2.24) is 19.9 Å². The van der Waals surface area contributed by atoms with Crippen molar-refractivity contribution >= 4 is 32.8 Å². The van der Waals surface area contributed by atoms with Gasteiger partial charge in [-0.3, -0.25) is 9.59 Å². The van der Waals surface area contributed by atoms with E-state index >= 15 is 0 Å². The molecule has 1 aliphatic heterocycles. The molecule has 39 heavy (non-hydrogen) atoms. The minimum absolute atomic E-state index is 0.0414. The fraction of sp³-hybridized carbons (Fsp3) is 0.464. The lowest BCUT2D eigenvalue weighted by Crippen LogP contribution is -2.54. The van der Waals surface area contributed by atoms with Gasteiger partial charge >= 0.3 is 0 Å². The van der Waals surface area contributed by atoms with E-state index in [0.29, 0.717) is 36.0 Å². The Morgan fingerprint density at radius 1 is 1.18 bits per heavy atom. The molecular weight excluding hydrogens is 520 g/mol. The highest BCUT2D eigenvalue weighted by Gasteiger charge is 2.36. The summed E-state index contributed by atoms with van der Waals surface area (Å²) in [6, 6.07) is 9.14. The molecule has 4 rings (SSSR count). The van der Waals surface area contributed by atoms with Crippen molar-refractivity contribution in [2.45, 2.75) is 70.2 Å².